The van der Waals surface area contributed by atoms with Crippen LogP contribution in [-0.4, -0.2) is 30.9 Å². The molecule has 0 atom stereocenters. The van der Waals surface area contributed by atoms with Gasteiger partial charge in [0, 0.05) is 48.9 Å². The summed E-state index contributed by atoms with van der Waals surface area (Å²) in [7, 11) is 3.80. The second kappa shape index (κ2) is 8.18. The largest absolute Gasteiger partial charge is 0.378 e. The van der Waals surface area contributed by atoms with Crippen molar-refractivity contribution in [2.45, 2.75) is 6.92 Å². The molecule has 3 rings (SSSR count). The van der Waals surface area contributed by atoms with Gasteiger partial charge in [-0.1, -0.05) is 6.07 Å². The van der Waals surface area contributed by atoms with E-state index in [1.165, 1.54) is 24.3 Å². The second-order valence-corrected chi connectivity index (χ2v) is 7.17. The van der Waals surface area contributed by atoms with Gasteiger partial charge in [-0.2, -0.15) is 0 Å². The Labute approximate surface area is 166 Å². The number of carbonyl (C=O) groups is 2. The Kier molecular flexibility index (Phi) is 5.70. The van der Waals surface area contributed by atoms with E-state index in [-0.39, 0.29) is 11.8 Å². The zero-order valence-electron chi connectivity index (χ0n) is 15.6. The summed E-state index contributed by atoms with van der Waals surface area (Å²) in [5.74, 6) is -1.07. The molecular formula is C20H19FN4O2S. The van der Waals surface area contributed by atoms with Crippen molar-refractivity contribution < 1.29 is 14.0 Å². The lowest BCUT2D eigenvalue weighted by atomic mass is 10.1. The first-order chi connectivity index (χ1) is 13.3. The molecule has 0 fully saturated rings. The smallest absolute Gasteiger partial charge is 0.257 e. The van der Waals surface area contributed by atoms with Gasteiger partial charge in [-0.05, 0) is 36.4 Å². The third kappa shape index (κ3) is 4.52. The summed E-state index contributed by atoms with van der Waals surface area (Å²) in [6.07, 6.45) is 0. The summed E-state index contributed by atoms with van der Waals surface area (Å²) in [6.45, 7) is 1.36. The van der Waals surface area contributed by atoms with E-state index in [1.54, 1.807) is 29.6 Å². The minimum absolute atomic E-state index is 0.274. The average molecular weight is 398 g/mol. The van der Waals surface area contributed by atoms with E-state index >= 15 is 0 Å². The molecule has 0 spiro atoms. The van der Waals surface area contributed by atoms with E-state index in [9.17, 15) is 14.0 Å². The van der Waals surface area contributed by atoms with Gasteiger partial charge in [0.1, 0.15) is 5.82 Å². The Bertz CT molecular complexity index is 1030. The van der Waals surface area contributed by atoms with Crippen LogP contribution in [0.25, 0.3) is 11.3 Å². The maximum Gasteiger partial charge on any atom is 0.257 e. The molecule has 0 unspecified atom stereocenters. The standard InChI is InChI=1S/C20H19FN4O2S/c1-12(26)22-14-7-8-16(17(21)10-14)18-11-28-20(23-18)24-19(27)13-5-4-6-15(9-13)25(2)3/h4-11H,1-3H3,(H,22,26)(H,23,24,27). The first kappa shape index (κ1) is 19.5. The van der Waals surface area contributed by atoms with Gasteiger partial charge in [-0.15, -0.1) is 11.3 Å². The molecule has 2 aromatic carbocycles. The number of hydrogen-bond donors (Lipinski definition) is 2. The Morgan fingerprint density at radius 3 is 2.57 bits per heavy atom. The van der Waals surface area contributed by atoms with Gasteiger partial charge < -0.3 is 10.2 Å². The number of rotatable bonds is 5. The highest BCUT2D eigenvalue weighted by atomic mass is 32.1. The second-order valence-electron chi connectivity index (χ2n) is 6.31. The van der Waals surface area contributed by atoms with Crippen LogP contribution in [0, 0.1) is 5.82 Å². The number of nitrogens with one attached hydrogen (secondary N) is 2. The molecule has 3 aromatic rings. The Morgan fingerprint density at radius 2 is 1.89 bits per heavy atom. The molecule has 0 aliphatic rings. The Hall–Kier alpha value is -3.26. The Balaban J connectivity index is 1.76. The van der Waals surface area contributed by atoms with Gasteiger partial charge in [-0.3, -0.25) is 14.9 Å². The summed E-state index contributed by atoms with van der Waals surface area (Å²) < 4.78 is 14.4. The molecule has 0 saturated heterocycles. The number of benzene rings is 2. The zero-order chi connectivity index (χ0) is 20.3. The van der Waals surface area contributed by atoms with Crippen LogP contribution < -0.4 is 15.5 Å². The van der Waals surface area contributed by atoms with Crippen LogP contribution in [0.3, 0.4) is 0 Å². The molecule has 2 N–H and O–H groups in total. The van der Waals surface area contributed by atoms with Gasteiger partial charge in [0.25, 0.3) is 5.91 Å². The molecule has 0 radical (unpaired) electrons. The normalized spacial score (nSPS) is 10.4. The van der Waals surface area contributed by atoms with Crippen molar-refractivity contribution in [1.82, 2.24) is 4.98 Å². The number of thiazole rings is 1. The van der Waals surface area contributed by atoms with Crippen LogP contribution >= 0.6 is 11.3 Å². The molecule has 8 heteroatoms. The van der Waals surface area contributed by atoms with Crippen LogP contribution in [-0.2, 0) is 4.79 Å². The number of hydrogen-bond acceptors (Lipinski definition) is 5. The van der Waals surface area contributed by atoms with E-state index in [0.29, 0.717) is 27.6 Å². The summed E-state index contributed by atoms with van der Waals surface area (Å²) >= 11 is 1.21. The monoisotopic (exact) mass is 398 g/mol. The molecule has 0 aliphatic carbocycles. The highest BCUT2D eigenvalue weighted by molar-refractivity contribution is 7.14. The van der Waals surface area contributed by atoms with Crippen LogP contribution in [0.4, 0.5) is 20.9 Å². The van der Waals surface area contributed by atoms with Gasteiger partial charge in [0.15, 0.2) is 5.13 Å². The molecule has 1 aromatic heterocycles. The number of carbonyl (C=O) groups excluding carboxylic acids is 2. The molecular weight excluding hydrogens is 379 g/mol. The molecule has 6 nitrogen and oxygen atoms in total. The minimum Gasteiger partial charge on any atom is -0.378 e. The predicted octanol–water partition coefficient (Wildman–Crippen LogP) is 4.23. The van der Waals surface area contributed by atoms with Crippen molar-refractivity contribution in [2.75, 3.05) is 29.6 Å². The van der Waals surface area contributed by atoms with Crippen LogP contribution in [0.2, 0.25) is 0 Å². The summed E-state index contributed by atoms with van der Waals surface area (Å²) in [6, 6.07) is 11.6. The quantitative estimate of drug-likeness (QED) is 0.675. The topological polar surface area (TPSA) is 74.3 Å². The number of anilines is 3. The summed E-state index contributed by atoms with van der Waals surface area (Å²) in [4.78, 5) is 29.8. The van der Waals surface area contributed by atoms with Gasteiger partial charge in [-0.25, -0.2) is 9.37 Å². The third-order valence-electron chi connectivity index (χ3n) is 3.91. The number of nitrogens with zero attached hydrogens (tertiary/aromatic N) is 2. The fraction of sp³-hybridized carbons (Fsp3) is 0.150. The molecule has 0 bridgehead atoms. The highest BCUT2D eigenvalue weighted by Gasteiger charge is 2.13. The van der Waals surface area contributed by atoms with Crippen LogP contribution in [0.1, 0.15) is 17.3 Å². The zero-order valence-corrected chi connectivity index (χ0v) is 16.4. The van der Waals surface area contributed by atoms with Crippen molar-refractivity contribution in [2.24, 2.45) is 0 Å². The summed E-state index contributed by atoms with van der Waals surface area (Å²) in [5.41, 5.74) is 2.50. The van der Waals surface area contributed by atoms with Crippen molar-refractivity contribution >= 4 is 39.7 Å². The maximum absolute atomic E-state index is 14.4. The summed E-state index contributed by atoms with van der Waals surface area (Å²) in [5, 5.41) is 7.32. The average Bonchev–Trinajstić information content (AvgIpc) is 3.09. The fourth-order valence-corrected chi connectivity index (χ4v) is 3.26. The number of amides is 2. The van der Waals surface area contributed by atoms with E-state index < -0.39 is 5.82 Å². The van der Waals surface area contributed by atoms with E-state index in [2.05, 4.69) is 15.6 Å². The van der Waals surface area contributed by atoms with Crippen molar-refractivity contribution in [3.05, 3.63) is 59.2 Å². The van der Waals surface area contributed by atoms with E-state index in [1.807, 2.05) is 31.1 Å². The lowest BCUT2D eigenvalue weighted by molar-refractivity contribution is -0.114. The maximum atomic E-state index is 14.4. The predicted molar refractivity (Wildman–Crippen MR) is 111 cm³/mol. The minimum atomic E-state index is -0.506. The molecule has 28 heavy (non-hydrogen) atoms. The lowest BCUT2D eigenvalue weighted by Gasteiger charge is -2.13. The molecule has 2 amide bonds. The van der Waals surface area contributed by atoms with Gasteiger partial charge >= 0.3 is 0 Å². The highest BCUT2D eigenvalue weighted by Crippen LogP contribution is 2.29. The number of halogens is 1. The van der Waals surface area contributed by atoms with Crippen LogP contribution in [0.15, 0.2) is 47.8 Å². The van der Waals surface area contributed by atoms with Crippen LogP contribution in [0.5, 0.6) is 0 Å². The number of aromatic nitrogens is 1. The lowest BCUT2D eigenvalue weighted by Crippen LogP contribution is -2.14. The third-order valence-corrected chi connectivity index (χ3v) is 4.67. The van der Waals surface area contributed by atoms with E-state index in [4.69, 9.17) is 0 Å². The molecule has 144 valence electrons. The first-order valence-corrected chi connectivity index (χ1v) is 9.33. The van der Waals surface area contributed by atoms with Gasteiger partial charge in [0.2, 0.25) is 5.91 Å². The first-order valence-electron chi connectivity index (χ1n) is 8.45. The molecule has 0 aliphatic heterocycles. The molecule has 1 heterocycles. The fourth-order valence-electron chi connectivity index (χ4n) is 2.55. The Morgan fingerprint density at radius 1 is 1.11 bits per heavy atom. The molecule has 0 saturated carbocycles. The van der Waals surface area contributed by atoms with Crippen molar-refractivity contribution in [3.8, 4) is 11.3 Å². The SMILES string of the molecule is CC(=O)Nc1ccc(-c2csc(NC(=O)c3cccc(N(C)C)c3)n2)c(F)c1. The van der Waals surface area contributed by atoms with Crippen molar-refractivity contribution in [3.63, 3.8) is 0 Å². The van der Waals surface area contributed by atoms with E-state index in [0.717, 1.165) is 5.69 Å². The van der Waals surface area contributed by atoms with Gasteiger partial charge in [0.05, 0.1) is 5.69 Å². The van der Waals surface area contributed by atoms with Crippen molar-refractivity contribution in [1.29, 1.82) is 0 Å².